The minimum Gasteiger partial charge on any atom is -0.370 e. The van der Waals surface area contributed by atoms with Gasteiger partial charge in [0.1, 0.15) is 0 Å². The van der Waals surface area contributed by atoms with Gasteiger partial charge >= 0.3 is 0 Å². The van der Waals surface area contributed by atoms with E-state index in [4.69, 9.17) is 5.73 Å². The number of rotatable bonds is 5. The summed E-state index contributed by atoms with van der Waals surface area (Å²) in [6.07, 6.45) is 2.67. The molecule has 0 amide bonds. The van der Waals surface area contributed by atoms with E-state index in [1.165, 1.54) is 42.6 Å². The summed E-state index contributed by atoms with van der Waals surface area (Å²) >= 11 is 0. The molecule has 1 aliphatic rings. The zero-order valence-electron chi connectivity index (χ0n) is 14.7. The van der Waals surface area contributed by atoms with Gasteiger partial charge < -0.3 is 11.1 Å². The lowest BCUT2D eigenvalue weighted by molar-refractivity contribution is 0.331. The molecule has 3 N–H and O–H groups in total. The van der Waals surface area contributed by atoms with Gasteiger partial charge in [-0.2, -0.15) is 0 Å². The van der Waals surface area contributed by atoms with E-state index in [0.717, 1.165) is 12.2 Å². The maximum absolute atomic E-state index is 5.97. The van der Waals surface area contributed by atoms with Crippen LogP contribution in [0.2, 0.25) is 0 Å². The number of aliphatic imine (C=N–C) groups is 1. The van der Waals surface area contributed by atoms with Gasteiger partial charge in [-0.3, -0.25) is 4.90 Å². The third-order valence-electron chi connectivity index (χ3n) is 4.35. The van der Waals surface area contributed by atoms with Crippen molar-refractivity contribution >= 4 is 35.6 Å². The molecule has 3 rings (SSSR count). The van der Waals surface area contributed by atoms with E-state index in [1.807, 2.05) is 12.1 Å². The van der Waals surface area contributed by atoms with Crippen molar-refractivity contribution in [3.05, 3.63) is 65.2 Å². The van der Waals surface area contributed by atoms with Crippen LogP contribution in [0.5, 0.6) is 0 Å². The van der Waals surface area contributed by atoms with Crippen molar-refractivity contribution in [2.45, 2.75) is 32.9 Å². The Bertz CT molecular complexity index is 691. The highest BCUT2D eigenvalue weighted by Gasteiger charge is 2.11. The number of nitrogens with zero attached hydrogens (tertiary/aromatic N) is 2. The van der Waals surface area contributed by atoms with Gasteiger partial charge in [-0.05, 0) is 61.7 Å². The van der Waals surface area contributed by atoms with Crippen LogP contribution >= 0.6 is 24.0 Å². The quantitative estimate of drug-likeness (QED) is 0.409. The number of anilines is 1. The fourth-order valence-corrected chi connectivity index (χ4v) is 3.04. The number of aryl methyl sites for hydroxylation is 1. The van der Waals surface area contributed by atoms with E-state index in [9.17, 15) is 0 Å². The van der Waals surface area contributed by atoms with Crippen molar-refractivity contribution in [3.63, 3.8) is 0 Å². The van der Waals surface area contributed by atoms with Crippen LogP contribution in [-0.4, -0.2) is 23.9 Å². The Morgan fingerprint density at radius 3 is 2.44 bits per heavy atom. The molecular weight excluding hydrogens is 423 g/mol. The summed E-state index contributed by atoms with van der Waals surface area (Å²) in [5.74, 6) is 0.446. The monoisotopic (exact) mass is 450 g/mol. The van der Waals surface area contributed by atoms with Crippen molar-refractivity contribution < 1.29 is 0 Å². The van der Waals surface area contributed by atoms with Gasteiger partial charge in [-0.25, -0.2) is 4.99 Å². The summed E-state index contributed by atoms with van der Waals surface area (Å²) in [6.45, 7) is 6.16. The van der Waals surface area contributed by atoms with E-state index in [0.29, 0.717) is 12.5 Å². The number of likely N-dealkylation sites (tertiary alicyclic amines) is 1. The molecule has 1 aliphatic heterocycles. The molecule has 4 nitrogen and oxygen atoms in total. The molecule has 1 heterocycles. The number of halogens is 1. The average Bonchev–Trinajstić information content (AvgIpc) is 3.07. The maximum atomic E-state index is 5.97. The van der Waals surface area contributed by atoms with Crippen molar-refractivity contribution in [2.24, 2.45) is 10.7 Å². The lowest BCUT2D eigenvalue weighted by Crippen LogP contribution is -2.22. The zero-order chi connectivity index (χ0) is 16.8. The molecule has 1 saturated heterocycles. The second-order valence-electron chi connectivity index (χ2n) is 6.50. The molecule has 25 heavy (non-hydrogen) atoms. The first kappa shape index (κ1) is 19.7. The van der Waals surface area contributed by atoms with Crippen LogP contribution in [-0.2, 0) is 13.1 Å². The Morgan fingerprint density at radius 1 is 1.08 bits per heavy atom. The van der Waals surface area contributed by atoms with Crippen molar-refractivity contribution in [3.8, 4) is 0 Å². The molecule has 0 aliphatic carbocycles. The minimum absolute atomic E-state index is 0. The van der Waals surface area contributed by atoms with Crippen molar-refractivity contribution in [1.29, 1.82) is 0 Å². The largest absolute Gasteiger partial charge is 0.370 e. The molecule has 0 radical (unpaired) electrons. The third-order valence-corrected chi connectivity index (χ3v) is 4.35. The summed E-state index contributed by atoms with van der Waals surface area (Å²) in [5.41, 5.74) is 10.7. The first-order valence-corrected chi connectivity index (χ1v) is 8.63. The van der Waals surface area contributed by atoms with Crippen LogP contribution in [0.1, 0.15) is 29.5 Å². The second kappa shape index (κ2) is 9.77. The number of hydrogen-bond donors (Lipinski definition) is 2. The van der Waals surface area contributed by atoms with Gasteiger partial charge in [-0.1, -0.05) is 36.4 Å². The topological polar surface area (TPSA) is 53.6 Å². The molecule has 0 bridgehead atoms. The molecule has 134 valence electrons. The van der Waals surface area contributed by atoms with Crippen LogP contribution < -0.4 is 11.1 Å². The molecular formula is C20H27IN4. The highest BCUT2D eigenvalue weighted by atomic mass is 127. The van der Waals surface area contributed by atoms with E-state index < -0.39 is 0 Å². The second-order valence-corrected chi connectivity index (χ2v) is 6.50. The smallest absolute Gasteiger partial charge is 0.193 e. The van der Waals surface area contributed by atoms with Gasteiger partial charge in [0.05, 0.1) is 6.54 Å². The maximum Gasteiger partial charge on any atom is 0.193 e. The van der Waals surface area contributed by atoms with Gasteiger partial charge in [0.15, 0.2) is 5.96 Å². The van der Waals surface area contributed by atoms with Crippen LogP contribution in [0.3, 0.4) is 0 Å². The lowest BCUT2D eigenvalue weighted by Gasteiger charge is -2.14. The average molecular weight is 450 g/mol. The fourth-order valence-electron chi connectivity index (χ4n) is 3.04. The number of nitrogens with two attached hydrogens (primary N) is 1. The molecule has 2 aromatic rings. The molecule has 0 spiro atoms. The summed E-state index contributed by atoms with van der Waals surface area (Å²) in [4.78, 5) is 6.94. The van der Waals surface area contributed by atoms with Gasteiger partial charge in [0.2, 0.25) is 0 Å². The van der Waals surface area contributed by atoms with Gasteiger partial charge in [-0.15, -0.1) is 24.0 Å². The van der Waals surface area contributed by atoms with Crippen LogP contribution in [0, 0.1) is 6.92 Å². The Labute approximate surface area is 167 Å². The van der Waals surface area contributed by atoms with E-state index in [1.54, 1.807) is 0 Å². The number of nitrogens with one attached hydrogen (secondary N) is 1. The van der Waals surface area contributed by atoms with E-state index in [2.05, 4.69) is 58.5 Å². The Kier molecular flexibility index (Phi) is 7.71. The Hall–Kier alpha value is -1.60. The summed E-state index contributed by atoms with van der Waals surface area (Å²) < 4.78 is 0. The molecule has 1 fully saturated rings. The molecule has 0 atom stereocenters. The minimum atomic E-state index is 0. The van der Waals surface area contributed by atoms with Gasteiger partial charge in [0.25, 0.3) is 0 Å². The first-order valence-electron chi connectivity index (χ1n) is 8.63. The van der Waals surface area contributed by atoms with E-state index >= 15 is 0 Å². The first-order chi connectivity index (χ1) is 11.7. The number of benzene rings is 2. The Morgan fingerprint density at radius 2 is 1.76 bits per heavy atom. The Balaban J connectivity index is 0.00000225. The molecule has 0 saturated carbocycles. The molecule has 2 aromatic carbocycles. The highest BCUT2D eigenvalue weighted by molar-refractivity contribution is 14.0. The standard InChI is InChI=1S/C20H26N4.HI/c1-16-5-4-6-19(13-16)23-20(21)22-14-17-7-9-18(10-8-17)15-24-11-2-3-12-24;/h4-10,13H,2-3,11-12,14-15H2,1H3,(H3,21,22,23);1H. The van der Waals surface area contributed by atoms with Crippen molar-refractivity contribution in [2.75, 3.05) is 18.4 Å². The number of hydrogen-bond acceptors (Lipinski definition) is 2. The highest BCUT2D eigenvalue weighted by Crippen LogP contribution is 2.14. The van der Waals surface area contributed by atoms with Crippen LogP contribution in [0.15, 0.2) is 53.5 Å². The summed E-state index contributed by atoms with van der Waals surface area (Å²) in [6, 6.07) is 16.8. The summed E-state index contributed by atoms with van der Waals surface area (Å²) in [5, 5.41) is 3.13. The van der Waals surface area contributed by atoms with E-state index in [-0.39, 0.29) is 24.0 Å². The van der Waals surface area contributed by atoms with Crippen molar-refractivity contribution in [1.82, 2.24) is 4.90 Å². The number of guanidine groups is 1. The van der Waals surface area contributed by atoms with Crippen LogP contribution in [0.25, 0.3) is 0 Å². The predicted molar refractivity (Wildman–Crippen MR) is 116 cm³/mol. The molecule has 5 heteroatoms. The zero-order valence-corrected chi connectivity index (χ0v) is 17.1. The summed E-state index contributed by atoms with van der Waals surface area (Å²) in [7, 11) is 0. The molecule has 0 aromatic heterocycles. The predicted octanol–water partition coefficient (Wildman–Crippen LogP) is 4.14. The SMILES string of the molecule is Cc1cccc(NC(N)=NCc2ccc(CN3CCCC3)cc2)c1.I. The van der Waals surface area contributed by atoms with Gasteiger partial charge in [0, 0.05) is 12.2 Å². The molecule has 0 unspecified atom stereocenters. The normalized spacial score (nSPS) is 15.0. The van der Waals surface area contributed by atoms with Crippen LogP contribution in [0.4, 0.5) is 5.69 Å². The fraction of sp³-hybridized carbons (Fsp3) is 0.350. The lowest BCUT2D eigenvalue weighted by atomic mass is 10.1. The third kappa shape index (κ3) is 6.32.